The zero-order valence-electron chi connectivity index (χ0n) is 13.3. The summed E-state index contributed by atoms with van der Waals surface area (Å²) >= 11 is 0. The average Bonchev–Trinajstić information content (AvgIpc) is 2.48. The Morgan fingerprint density at radius 2 is 1.86 bits per heavy atom. The Bertz CT molecular complexity index is 396. The summed E-state index contributed by atoms with van der Waals surface area (Å²) in [6.45, 7) is 7.82. The van der Waals surface area contributed by atoms with Gasteiger partial charge in [-0.1, -0.05) is 38.1 Å². The van der Waals surface area contributed by atoms with E-state index in [4.69, 9.17) is 4.74 Å². The Morgan fingerprint density at radius 1 is 1.19 bits per heavy atom. The molecule has 0 radical (unpaired) electrons. The molecular formula is C18H29NO2. The van der Waals surface area contributed by atoms with Gasteiger partial charge in [-0.25, -0.2) is 0 Å². The number of hydrogen-bond acceptors (Lipinski definition) is 3. The van der Waals surface area contributed by atoms with Gasteiger partial charge in [-0.3, -0.25) is 0 Å². The highest BCUT2D eigenvalue weighted by Gasteiger charge is 2.14. The summed E-state index contributed by atoms with van der Waals surface area (Å²) in [7, 11) is 0. The van der Waals surface area contributed by atoms with E-state index in [2.05, 4.69) is 43.4 Å². The minimum absolute atomic E-state index is 0.419. The fourth-order valence-corrected chi connectivity index (χ4v) is 2.84. The lowest BCUT2D eigenvalue weighted by atomic mass is 9.99. The minimum atomic E-state index is -0.419. The number of aliphatic hydroxyl groups excluding tert-OH is 1. The van der Waals surface area contributed by atoms with Crippen LogP contribution in [0.3, 0.4) is 0 Å². The first kappa shape index (κ1) is 16.5. The van der Waals surface area contributed by atoms with E-state index in [1.807, 2.05) is 0 Å². The third kappa shape index (κ3) is 5.77. The molecular weight excluding hydrogens is 262 g/mol. The van der Waals surface area contributed by atoms with Crippen molar-refractivity contribution in [1.82, 2.24) is 5.32 Å². The van der Waals surface area contributed by atoms with Crippen LogP contribution in [0.1, 0.15) is 43.9 Å². The molecule has 1 aromatic rings. The maximum absolute atomic E-state index is 10.2. The molecule has 3 nitrogen and oxygen atoms in total. The highest BCUT2D eigenvalue weighted by molar-refractivity contribution is 5.24. The predicted molar refractivity (Wildman–Crippen MR) is 86.4 cm³/mol. The van der Waals surface area contributed by atoms with E-state index >= 15 is 0 Å². The monoisotopic (exact) mass is 291 g/mol. The van der Waals surface area contributed by atoms with Gasteiger partial charge in [-0.05, 0) is 48.8 Å². The van der Waals surface area contributed by atoms with Crippen molar-refractivity contribution in [2.24, 2.45) is 11.8 Å². The molecule has 21 heavy (non-hydrogen) atoms. The number of aliphatic hydroxyl groups is 1. The van der Waals surface area contributed by atoms with Crippen LogP contribution in [0.4, 0.5) is 0 Å². The summed E-state index contributed by atoms with van der Waals surface area (Å²) < 4.78 is 5.36. The topological polar surface area (TPSA) is 41.5 Å². The smallest absolute Gasteiger partial charge is 0.0914 e. The number of benzene rings is 1. The second kappa shape index (κ2) is 8.52. The summed E-state index contributed by atoms with van der Waals surface area (Å²) in [6, 6.07) is 8.38. The molecule has 2 N–H and O–H groups in total. The first-order valence-electron chi connectivity index (χ1n) is 8.20. The first-order chi connectivity index (χ1) is 10.1. The molecule has 3 heteroatoms. The van der Waals surface area contributed by atoms with Gasteiger partial charge in [-0.2, -0.15) is 0 Å². The quantitative estimate of drug-likeness (QED) is 0.811. The lowest BCUT2D eigenvalue weighted by molar-refractivity contribution is 0.0649. The van der Waals surface area contributed by atoms with E-state index in [1.165, 1.54) is 5.56 Å². The van der Waals surface area contributed by atoms with Gasteiger partial charge in [0.25, 0.3) is 0 Å². The van der Waals surface area contributed by atoms with Crippen LogP contribution in [0, 0.1) is 11.8 Å². The Balaban J connectivity index is 1.73. The Hall–Kier alpha value is -0.900. The third-order valence-electron chi connectivity index (χ3n) is 4.12. The molecule has 0 aromatic heterocycles. The van der Waals surface area contributed by atoms with Crippen molar-refractivity contribution in [1.29, 1.82) is 0 Å². The van der Waals surface area contributed by atoms with E-state index in [1.54, 1.807) is 0 Å². The molecule has 1 aliphatic heterocycles. The molecule has 0 amide bonds. The molecule has 2 rings (SSSR count). The molecule has 1 atom stereocenters. The van der Waals surface area contributed by atoms with Gasteiger partial charge in [0.1, 0.15) is 0 Å². The molecule has 0 saturated carbocycles. The van der Waals surface area contributed by atoms with Crippen LogP contribution in [-0.2, 0) is 11.2 Å². The summed E-state index contributed by atoms with van der Waals surface area (Å²) in [5.74, 6) is 1.36. The van der Waals surface area contributed by atoms with Crippen LogP contribution in [0.15, 0.2) is 24.3 Å². The summed E-state index contributed by atoms with van der Waals surface area (Å²) in [4.78, 5) is 0. The maximum atomic E-state index is 10.2. The third-order valence-corrected chi connectivity index (χ3v) is 4.12. The highest BCUT2D eigenvalue weighted by Crippen LogP contribution is 2.16. The molecule has 0 spiro atoms. The zero-order chi connectivity index (χ0) is 15.1. The molecule has 1 aliphatic rings. The molecule has 1 saturated heterocycles. The molecule has 0 bridgehead atoms. The summed E-state index contributed by atoms with van der Waals surface area (Å²) in [5.41, 5.74) is 2.35. The van der Waals surface area contributed by atoms with Gasteiger partial charge < -0.3 is 15.2 Å². The Morgan fingerprint density at radius 3 is 2.48 bits per heavy atom. The largest absolute Gasteiger partial charge is 0.387 e. The van der Waals surface area contributed by atoms with E-state index in [-0.39, 0.29) is 0 Å². The lowest BCUT2D eigenvalue weighted by Gasteiger charge is -2.23. The average molecular weight is 291 g/mol. The van der Waals surface area contributed by atoms with Crippen LogP contribution in [-0.4, -0.2) is 31.4 Å². The van der Waals surface area contributed by atoms with Crippen LogP contribution in [0.25, 0.3) is 0 Å². The van der Waals surface area contributed by atoms with Crippen LogP contribution in [0.2, 0.25) is 0 Å². The second-order valence-corrected chi connectivity index (χ2v) is 6.57. The molecule has 1 heterocycles. The molecule has 1 aromatic carbocycles. The molecule has 1 unspecified atom stereocenters. The van der Waals surface area contributed by atoms with Gasteiger partial charge >= 0.3 is 0 Å². The standard InChI is InChI=1S/C18H29NO2/c1-14(2)11-15-3-5-17(6-4-15)18(20)13-19-12-16-7-9-21-10-8-16/h3-6,14,16,18-20H,7-13H2,1-2H3. The van der Waals surface area contributed by atoms with Gasteiger partial charge in [-0.15, -0.1) is 0 Å². The van der Waals surface area contributed by atoms with E-state index in [9.17, 15) is 5.11 Å². The first-order valence-corrected chi connectivity index (χ1v) is 8.20. The molecule has 0 aliphatic carbocycles. The van der Waals surface area contributed by atoms with Crippen molar-refractivity contribution in [2.75, 3.05) is 26.3 Å². The van der Waals surface area contributed by atoms with Crippen LogP contribution in [0.5, 0.6) is 0 Å². The van der Waals surface area contributed by atoms with Crippen molar-refractivity contribution >= 4 is 0 Å². The number of rotatable bonds is 7. The fraction of sp³-hybridized carbons (Fsp3) is 0.667. The van der Waals surface area contributed by atoms with Crippen molar-refractivity contribution in [3.8, 4) is 0 Å². The SMILES string of the molecule is CC(C)Cc1ccc(C(O)CNCC2CCOCC2)cc1. The van der Waals surface area contributed by atoms with Crippen molar-refractivity contribution < 1.29 is 9.84 Å². The van der Waals surface area contributed by atoms with Gasteiger partial charge in [0, 0.05) is 19.8 Å². The van der Waals surface area contributed by atoms with Crippen LogP contribution >= 0.6 is 0 Å². The summed E-state index contributed by atoms with van der Waals surface area (Å²) in [5, 5.41) is 13.6. The van der Waals surface area contributed by atoms with E-state index in [0.717, 1.165) is 44.6 Å². The Labute approximate surface area is 128 Å². The Kier molecular flexibility index (Phi) is 6.68. The van der Waals surface area contributed by atoms with Crippen LogP contribution < -0.4 is 5.32 Å². The van der Waals surface area contributed by atoms with Gasteiger partial charge in [0.2, 0.25) is 0 Å². The second-order valence-electron chi connectivity index (χ2n) is 6.57. The number of ether oxygens (including phenoxy) is 1. The molecule has 118 valence electrons. The van der Waals surface area contributed by atoms with Gasteiger partial charge in [0.15, 0.2) is 0 Å². The lowest BCUT2D eigenvalue weighted by Crippen LogP contribution is -2.30. The van der Waals surface area contributed by atoms with Crippen molar-refractivity contribution in [3.05, 3.63) is 35.4 Å². The maximum Gasteiger partial charge on any atom is 0.0914 e. The molecule has 1 fully saturated rings. The predicted octanol–water partition coefficient (Wildman–Crippen LogP) is 2.93. The number of hydrogen-bond donors (Lipinski definition) is 2. The van der Waals surface area contributed by atoms with Gasteiger partial charge in [0.05, 0.1) is 6.10 Å². The minimum Gasteiger partial charge on any atom is -0.387 e. The normalized spacial score (nSPS) is 18.1. The summed E-state index contributed by atoms with van der Waals surface area (Å²) in [6.07, 6.45) is 2.94. The van der Waals surface area contributed by atoms with E-state index < -0.39 is 6.10 Å². The van der Waals surface area contributed by atoms with Crippen molar-refractivity contribution in [3.63, 3.8) is 0 Å². The highest BCUT2D eigenvalue weighted by atomic mass is 16.5. The van der Waals surface area contributed by atoms with Crippen molar-refractivity contribution in [2.45, 2.75) is 39.2 Å². The number of nitrogens with one attached hydrogen (secondary N) is 1. The fourth-order valence-electron chi connectivity index (χ4n) is 2.84. The zero-order valence-corrected chi connectivity index (χ0v) is 13.3. The van der Waals surface area contributed by atoms with E-state index in [0.29, 0.717) is 18.4 Å².